The third-order valence-corrected chi connectivity index (χ3v) is 6.15. The number of rotatable bonds is 9. The molecule has 1 amide bonds. The van der Waals surface area contributed by atoms with Gasteiger partial charge in [0.25, 0.3) is 0 Å². The van der Waals surface area contributed by atoms with Crippen molar-refractivity contribution in [3.8, 4) is 11.5 Å². The van der Waals surface area contributed by atoms with E-state index in [1.54, 1.807) is 48.2 Å². The molecule has 2 aromatic carbocycles. The fourth-order valence-corrected chi connectivity index (χ4v) is 4.16. The number of nitrogens with zero attached hydrogens (tertiary/aromatic N) is 1. The van der Waals surface area contributed by atoms with Crippen LogP contribution in [-0.2, 0) is 14.8 Å². The molecule has 8 heteroatoms. The number of hydrogen-bond donors (Lipinski definition) is 1. The number of anilines is 1. The molecule has 0 saturated heterocycles. The van der Waals surface area contributed by atoms with Crippen LogP contribution in [0.5, 0.6) is 11.5 Å². The Balaban J connectivity index is 2.14. The normalized spacial score (nSPS) is 11.7. The number of hydrogen-bond acceptors (Lipinski definition) is 5. The Morgan fingerprint density at radius 2 is 1.69 bits per heavy atom. The summed E-state index contributed by atoms with van der Waals surface area (Å²) in [5.74, 6) is 1.33. The Hall–Kier alpha value is -2.19. The highest BCUT2D eigenvalue weighted by Crippen LogP contribution is 2.33. The fraction of sp³-hybridized carbons (Fsp3) is 0.381. The van der Waals surface area contributed by atoms with Crippen molar-refractivity contribution in [3.63, 3.8) is 0 Å². The molecule has 0 saturated carbocycles. The largest absolute Gasteiger partial charge is 0.455 e. The Bertz CT molecular complexity index is 910. The van der Waals surface area contributed by atoms with Gasteiger partial charge in [0, 0.05) is 17.0 Å². The van der Waals surface area contributed by atoms with Crippen LogP contribution in [0.2, 0.25) is 0 Å². The van der Waals surface area contributed by atoms with Crippen LogP contribution in [0, 0.1) is 0 Å². The molecule has 0 aromatic heterocycles. The minimum atomic E-state index is -3.69. The second-order valence-electron chi connectivity index (χ2n) is 7.46. The first kappa shape index (κ1) is 23.1. The minimum Gasteiger partial charge on any atom is -0.455 e. The molecule has 0 atom stereocenters. The highest BCUT2D eigenvalue weighted by molar-refractivity contribution is 8.00. The third kappa shape index (κ3) is 7.98. The first-order chi connectivity index (χ1) is 13.6. The van der Waals surface area contributed by atoms with Gasteiger partial charge in [0.15, 0.2) is 5.75 Å². The molecule has 2 aromatic rings. The van der Waals surface area contributed by atoms with Gasteiger partial charge in [-0.05, 0) is 24.3 Å². The van der Waals surface area contributed by atoms with E-state index in [1.807, 2.05) is 18.2 Å². The van der Waals surface area contributed by atoms with Gasteiger partial charge in [-0.2, -0.15) is 11.8 Å². The molecule has 0 spiro atoms. The number of ether oxygens (including phenoxy) is 1. The molecule has 0 aliphatic heterocycles. The quantitative estimate of drug-likeness (QED) is 0.604. The predicted molar refractivity (Wildman–Crippen MR) is 120 cm³/mol. The van der Waals surface area contributed by atoms with Crippen molar-refractivity contribution in [2.45, 2.75) is 25.5 Å². The van der Waals surface area contributed by atoms with Gasteiger partial charge >= 0.3 is 0 Å². The molecule has 1 N–H and O–H groups in total. The second-order valence-corrected chi connectivity index (χ2v) is 11.3. The van der Waals surface area contributed by atoms with Crippen LogP contribution < -0.4 is 14.4 Å². The lowest BCUT2D eigenvalue weighted by Gasteiger charge is -2.24. The molecule has 0 fully saturated rings. The molecule has 0 bridgehead atoms. The number of para-hydroxylation sites is 3. The summed E-state index contributed by atoms with van der Waals surface area (Å²) in [5, 5.41) is 2.79. The molecule has 0 heterocycles. The van der Waals surface area contributed by atoms with Crippen molar-refractivity contribution in [1.29, 1.82) is 0 Å². The second kappa shape index (κ2) is 10.0. The van der Waals surface area contributed by atoms with Crippen molar-refractivity contribution in [3.05, 3.63) is 54.6 Å². The van der Waals surface area contributed by atoms with E-state index in [0.717, 1.165) is 16.3 Å². The van der Waals surface area contributed by atoms with Crippen molar-refractivity contribution in [1.82, 2.24) is 5.32 Å². The van der Waals surface area contributed by atoms with E-state index >= 15 is 0 Å². The zero-order valence-corrected chi connectivity index (χ0v) is 18.8. The van der Waals surface area contributed by atoms with E-state index < -0.39 is 10.0 Å². The van der Waals surface area contributed by atoms with E-state index in [1.165, 1.54) is 0 Å². The van der Waals surface area contributed by atoms with Crippen LogP contribution in [-0.4, -0.2) is 44.2 Å². The highest BCUT2D eigenvalue weighted by Gasteiger charge is 2.24. The summed E-state index contributed by atoms with van der Waals surface area (Å²) in [6, 6.07) is 15.9. The average Bonchev–Trinajstić information content (AvgIpc) is 2.63. The number of benzene rings is 2. The predicted octanol–water partition coefficient (Wildman–Crippen LogP) is 3.89. The maximum Gasteiger partial charge on any atom is 0.240 e. The van der Waals surface area contributed by atoms with E-state index in [-0.39, 0.29) is 17.2 Å². The van der Waals surface area contributed by atoms with Gasteiger partial charge in [0.1, 0.15) is 12.3 Å². The van der Waals surface area contributed by atoms with Crippen molar-refractivity contribution in [2.75, 3.05) is 29.4 Å². The summed E-state index contributed by atoms with van der Waals surface area (Å²) in [7, 11) is -3.69. The van der Waals surface area contributed by atoms with Gasteiger partial charge in [-0.25, -0.2) is 8.42 Å². The Labute approximate surface area is 177 Å². The van der Waals surface area contributed by atoms with Gasteiger partial charge < -0.3 is 10.1 Å². The SMILES string of the molecule is CC(C)(C)SCCNC(=O)CN(c1ccccc1Oc1ccccc1)S(C)(=O)=O. The topological polar surface area (TPSA) is 75.7 Å². The van der Waals surface area contributed by atoms with Crippen molar-refractivity contribution < 1.29 is 17.9 Å². The molecule has 0 unspecified atom stereocenters. The van der Waals surface area contributed by atoms with Crippen LogP contribution >= 0.6 is 11.8 Å². The zero-order chi connectivity index (χ0) is 21.5. The van der Waals surface area contributed by atoms with Crippen molar-refractivity contribution in [2.24, 2.45) is 0 Å². The monoisotopic (exact) mass is 436 g/mol. The minimum absolute atomic E-state index is 0.108. The number of carbonyl (C=O) groups is 1. The summed E-state index contributed by atoms with van der Waals surface area (Å²) in [4.78, 5) is 12.4. The third-order valence-electron chi connectivity index (χ3n) is 3.75. The molecule has 0 aliphatic rings. The number of sulfonamides is 1. The van der Waals surface area contributed by atoms with Crippen LogP contribution in [0.4, 0.5) is 5.69 Å². The molecule has 0 radical (unpaired) electrons. The van der Waals surface area contributed by atoms with Crippen LogP contribution in [0.3, 0.4) is 0 Å². The van der Waals surface area contributed by atoms with Gasteiger partial charge in [0.2, 0.25) is 15.9 Å². The number of carbonyl (C=O) groups excluding carboxylic acids is 1. The smallest absolute Gasteiger partial charge is 0.240 e. The summed E-state index contributed by atoms with van der Waals surface area (Å²) in [5.41, 5.74) is 0.318. The van der Waals surface area contributed by atoms with Gasteiger partial charge in [-0.3, -0.25) is 9.10 Å². The van der Waals surface area contributed by atoms with Crippen molar-refractivity contribution >= 4 is 33.4 Å². The first-order valence-electron chi connectivity index (χ1n) is 9.26. The molecule has 29 heavy (non-hydrogen) atoms. The van der Waals surface area contributed by atoms with E-state index in [4.69, 9.17) is 4.74 Å². The Morgan fingerprint density at radius 3 is 2.31 bits per heavy atom. The van der Waals surface area contributed by atoms with Crippen LogP contribution in [0.15, 0.2) is 54.6 Å². The molecule has 6 nitrogen and oxygen atoms in total. The summed E-state index contributed by atoms with van der Waals surface area (Å²) < 4.78 is 31.9. The fourth-order valence-electron chi connectivity index (χ4n) is 2.48. The van der Waals surface area contributed by atoms with E-state index in [0.29, 0.717) is 23.7 Å². The standard InChI is InChI=1S/C21H28N2O4S2/c1-21(2,3)28-15-14-22-20(24)16-23(29(4,25)26)18-12-8-9-13-19(18)27-17-10-6-5-7-11-17/h5-13H,14-16H2,1-4H3,(H,22,24). The number of amides is 1. The Kier molecular flexibility index (Phi) is 7.98. The maximum atomic E-state index is 12.4. The van der Waals surface area contributed by atoms with Crippen LogP contribution in [0.25, 0.3) is 0 Å². The number of thioether (sulfide) groups is 1. The average molecular weight is 437 g/mol. The molecular formula is C21H28N2O4S2. The van der Waals surface area contributed by atoms with Gasteiger partial charge in [0.05, 0.1) is 11.9 Å². The molecular weight excluding hydrogens is 408 g/mol. The maximum absolute atomic E-state index is 12.4. The molecule has 2 rings (SSSR count). The lowest BCUT2D eigenvalue weighted by atomic mass is 10.3. The zero-order valence-electron chi connectivity index (χ0n) is 17.2. The summed E-state index contributed by atoms with van der Waals surface area (Å²) in [6.07, 6.45) is 1.08. The first-order valence-corrected chi connectivity index (χ1v) is 12.1. The highest BCUT2D eigenvalue weighted by atomic mass is 32.2. The van der Waals surface area contributed by atoms with Gasteiger partial charge in [-0.1, -0.05) is 51.1 Å². The summed E-state index contributed by atoms with van der Waals surface area (Å²) in [6.45, 7) is 6.48. The van der Waals surface area contributed by atoms with E-state index in [2.05, 4.69) is 26.1 Å². The van der Waals surface area contributed by atoms with E-state index in [9.17, 15) is 13.2 Å². The summed E-state index contributed by atoms with van der Waals surface area (Å²) >= 11 is 1.73. The Morgan fingerprint density at radius 1 is 1.07 bits per heavy atom. The lowest BCUT2D eigenvalue weighted by Crippen LogP contribution is -2.41. The molecule has 0 aliphatic carbocycles. The number of nitrogens with one attached hydrogen (secondary N) is 1. The lowest BCUT2D eigenvalue weighted by molar-refractivity contribution is -0.119. The molecule has 158 valence electrons. The van der Waals surface area contributed by atoms with Gasteiger partial charge in [-0.15, -0.1) is 0 Å². The van der Waals surface area contributed by atoms with Crippen LogP contribution in [0.1, 0.15) is 20.8 Å².